The minimum atomic E-state index is 1.08. The third-order valence-corrected chi connectivity index (χ3v) is 2.86. The molecule has 1 rings (SSSR count). The highest BCUT2D eigenvalue weighted by molar-refractivity contribution is 8.13. The van der Waals surface area contributed by atoms with E-state index in [2.05, 4.69) is 50.9 Å². The molecule has 1 nitrogen and oxygen atoms in total. The first-order chi connectivity index (χ1) is 6.65. The van der Waals surface area contributed by atoms with Crippen molar-refractivity contribution >= 4 is 22.5 Å². The Kier molecular flexibility index (Phi) is 4.21. The van der Waals surface area contributed by atoms with Crippen molar-refractivity contribution in [2.24, 2.45) is 4.99 Å². The van der Waals surface area contributed by atoms with Crippen molar-refractivity contribution < 1.29 is 0 Å². The lowest BCUT2D eigenvalue weighted by Crippen LogP contribution is -1.86. The van der Waals surface area contributed by atoms with E-state index in [4.69, 9.17) is 0 Å². The molecule has 0 aliphatic carbocycles. The minimum absolute atomic E-state index is 1.08. The van der Waals surface area contributed by atoms with Crippen LogP contribution < -0.4 is 0 Å². The maximum atomic E-state index is 4.63. The van der Waals surface area contributed by atoms with Crippen molar-refractivity contribution in [2.45, 2.75) is 27.7 Å². The van der Waals surface area contributed by atoms with Crippen molar-refractivity contribution in [3.63, 3.8) is 0 Å². The topological polar surface area (TPSA) is 12.4 Å². The van der Waals surface area contributed by atoms with Crippen LogP contribution in [0.3, 0.4) is 0 Å². The van der Waals surface area contributed by atoms with E-state index in [1.807, 2.05) is 0 Å². The fourth-order valence-electron chi connectivity index (χ4n) is 1.38. The number of para-hydroxylation sites is 1. The lowest BCUT2D eigenvalue weighted by Gasteiger charge is -2.05. The van der Waals surface area contributed by atoms with E-state index >= 15 is 0 Å². The van der Waals surface area contributed by atoms with Gasteiger partial charge in [0.1, 0.15) is 0 Å². The van der Waals surface area contributed by atoms with E-state index in [1.54, 1.807) is 11.8 Å². The maximum Gasteiger partial charge on any atom is 0.0707 e. The zero-order chi connectivity index (χ0) is 10.6. The van der Waals surface area contributed by atoms with Crippen LogP contribution in [-0.4, -0.2) is 10.8 Å². The van der Waals surface area contributed by atoms with E-state index in [1.165, 1.54) is 11.1 Å². The molecule has 1 aromatic carbocycles. The quantitative estimate of drug-likeness (QED) is 0.525. The predicted molar refractivity (Wildman–Crippen MR) is 66.8 cm³/mol. The van der Waals surface area contributed by atoms with E-state index in [-0.39, 0.29) is 0 Å². The van der Waals surface area contributed by atoms with Gasteiger partial charge in [0.05, 0.1) is 10.7 Å². The fraction of sp³-hybridized carbons (Fsp3) is 0.417. The minimum Gasteiger partial charge on any atom is -0.246 e. The monoisotopic (exact) mass is 207 g/mol. The summed E-state index contributed by atoms with van der Waals surface area (Å²) in [7, 11) is 0. The molecule has 1 aromatic rings. The number of rotatable bonds is 2. The van der Waals surface area contributed by atoms with Gasteiger partial charge in [0, 0.05) is 0 Å². The summed E-state index contributed by atoms with van der Waals surface area (Å²) >= 11 is 1.79. The zero-order valence-electron chi connectivity index (χ0n) is 9.29. The van der Waals surface area contributed by atoms with Crippen LogP contribution in [0.1, 0.15) is 25.0 Å². The first-order valence-corrected chi connectivity index (χ1v) is 5.88. The third-order valence-electron chi connectivity index (χ3n) is 2.06. The lowest BCUT2D eigenvalue weighted by molar-refractivity contribution is 1.33. The molecule has 0 unspecified atom stereocenters. The van der Waals surface area contributed by atoms with Gasteiger partial charge < -0.3 is 0 Å². The number of thioether (sulfide) groups is 1. The summed E-state index contributed by atoms with van der Waals surface area (Å²) in [6, 6.07) is 6.29. The molecule has 0 spiro atoms. The van der Waals surface area contributed by atoms with Gasteiger partial charge in [0.2, 0.25) is 0 Å². The molecule has 14 heavy (non-hydrogen) atoms. The molecule has 0 bridgehead atoms. The SMILES string of the molecule is CCS/C(C)=N/c1c(C)cccc1C. The Hall–Kier alpha value is -0.760. The lowest BCUT2D eigenvalue weighted by atomic mass is 10.1. The second-order valence-electron chi connectivity index (χ2n) is 3.30. The van der Waals surface area contributed by atoms with E-state index in [0.717, 1.165) is 16.5 Å². The Morgan fingerprint density at radius 1 is 1.29 bits per heavy atom. The van der Waals surface area contributed by atoms with Crippen LogP contribution in [0, 0.1) is 13.8 Å². The Morgan fingerprint density at radius 2 is 1.86 bits per heavy atom. The standard InChI is InChI=1S/C12H17NS/c1-5-14-11(4)13-12-9(2)7-6-8-10(12)3/h6-8H,5H2,1-4H3/b13-11+. The molecule has 0 radical (unpaired) electrons. The van der Waals surface area contributed by atoms with Gasteiger partial charge in [0.25, 0.3) is 0 Å². The summed E-state index contributed by atoms with van der Waals surface area (Å²) in [5, 5.41) is 1.14. The highest BCUT2D eigenvalue weighted by atomic mass is 32.2. The Labute approximate surface area is 90.6 Å². The number of hydrogen-bond acceptors (Lipinski definition) is 2. The van der Waals surface area contributed by atoms with E-state index in [9.17, 15) is 0 Å². The van der Waals surface area contributed by atoms with Crippen LogP contribution in [0.2, 0.25) is 0 Å². The van der Waals surface area contributed by atoms with Gasteiger partial charge in [-0.25, -0.2) is 4.99 Å². The van der Waals surface area contributed by atoms with Crippen molar-refractivity contribution in [1.82, 2.24) is 0 Å². The maximum absolute atomic E-state index is 4.63. The Balaban J connectivity index is 3.01. The molecule has 0 amide bonds. The molecule has 0 N–H and O–H groups in total. The molecule has 0 aromatic heterocycles. The molecule has 0 heterocycles. The Morgan fingerprint density at radius 3 is 2.36 bits per heavy atom. The number of aliphatic imine (C=N–C) groups is 1. The van der Waals surface area contributed by atoms with Crippen LogP contribution in [-0.2, 0) is 0 Å². The van der Waals surface area contributed by atoms with Gasteiger partial charge in [0.15, 0.2) is 0 Å². The average molecular weight is 207 g/mol. The van der Waals surface area contributed by atoms with Crippen LogP contribution >= 0.6 is 11.8 Å². The first-order valence-electron chi connectivity index (χ1n) is 4.89. The van der Waals surface area contributed by atoms with Gasteiger partial charge in [-0.05, 0) is 37.7 Å². The van der Waals surface area contributed by atoms with Crippen LogP contribution in [0.25, 0.3) is 0 Å². The highest BCUT2D eigenvalue weighted by Gasteiger charge is 2.00. The Bertz CT molecular complexity index is 322. The number of hydrogen-bond donors (Lipinski definition) is 0. The third kappa shape index (κ3) is 2.88. The molecule has 76 valence electrons. The second-order valence-corrected chi connectivity index (χ2v) is 4.76. The van der Waals surface area contributed by atoms with Crippen molar-refractivity contribution in [2.75, 3.05) is 5.75 Å². The van der Waals surface area contributed by atoms with Crippen molar-refractivity contribution in [1.29, 1.82) is 0 Å². The molecule has 0 fully saturated rings. The molecule has 2 heteroatoms. The van der Waals surface area contributed by atoms with Crippen LogP contribution in [0.5, 0.6) is 0 Å². The highest BCUT2D eigenvalue weighted by Crippen LogP contribution is 2.24. The number of aryl methyl sites for hydroxylation is 2. The second kappa shape index (κ2) is 5.20. The summed E-state index contributed by atoms with van der Waals surface area (Å²) in [5.74, 6) is 1.08. The summed E-state index contributed by atoms with van der Waals surface area (Å²) < 4.78 is 0. The normalized spacial score (nSPS) is 11.9. The summed E-state index contributed by atoms with van der Waals surface area (Å²) in [4.78, 5) is 4.63. The molecule has 0 aliphatic rings. The van der Waals surface area contributed by atoms with Crippen molar-refractivity contribution in [3.8, 4) is 0 Å². The van der Waals surface area contributed by atoms with Gasteiger partial charge in [-0.1, -0.05) is 25.1 Å². The molecule has 0 saturated carbocycles. The number of benzene rings is 1. The van der Waals surface area contributed by atoms with E-state index in [0.29, 0.717) is 0 Å². The van der Waals surface area contributed by atoms with Crippen LogP contribution in [0.15, 0.2) is 23.2 Å². The largest absolute Gasteiger partial charge is 0.246 e. The smallest absolute Gasteiger partial charge is 0.0707 e. The fourth-order valence-corrected chi connectivity index (χ4v) is 1.95. The van der Waals surface area contributed by atoms with Crippen LogP contribution in [0.4, 0.5) is 5.69 Å². The molecular weight excluding hydrogens is 190 g/mol. The van der Waals surface area contributed by atoms with Gasteiger partial charge in [-0.2, -0.15) is 0 Å². The first kappa shape index (κ1) is 11.3. The van der Waals surface area contributed by atoms with Gasteiger partial charge in [-0.3, -0.25) is 0 Å². The van der Waals surface area contributed by atoms with Crippen molar-refractivity contribution in [3.05, 3.63) is 29.3 Å². The molecule has 0 aliphatic heterocycles. The zero-order valence-corrected chi connectivity index (χ0v) is 10.1. The summed E-state index contributed by atoms with van der Waals surface area (Å²) in [6.45, 7) is 8.43. The summed E-state index contributed by atoms with van der Waals surface area (Å²) in [5.41, 5.74) is 3.63. The molecule has 0 atom stereocenters. The molecule has 0 saturated heterocycles. The van der Waals surface area contributed by atoms with Gasteiger partial charge >= 0.3 is 0 Å². The van der Waals surface area contributed by atoms with Gasteiger partial charge in [-0.15, -0.1) is 11.8 Å². The number of nitrogens with zero attached hydrogens (tertiary/aromatic N) is 1. The predicted octanol–water partition coefficient (Wildman–Crippen LogP) is 4.11. The summed E-state index contributed by atoms with van der Waals surface area (Å²) in [6.07, 6.45) is 0. The van der Waals surface area contributed by atoms with E-state index < -0.39 is 0 Å². The average Bonchev–Trinajstić information content (AvgIpc) is 2.12. The molecular formula is C12H17NS.